The van der Waals surface area contributed by atoms with E-state index in [4.69, 9.17) is 23.7 Å². The molecule has 0 unspecified atom stereocenters. The van der Waals surface area contributed by atoms with Gasteiger partial charge in [0.1, 0.15) is 24.4 Å². The maximum Gasteiger partial charge on any atom is 0.251 e. The van der Waals surface area contributed by atoms with E-state index in [1.54, 1.807) is 33.7 Å². The van der Waals surface area contributed by atoms with E-state index in [1.807, 2.05) is 33.0 Å². The van der Waals surface area contributed by atoms with Gasteiger partial charge in [0.15, 0.2) is 0 Å². The van der Waals surface area contributed by atoms with Crippen molar-refractivity contribution >= 4 is 33.4 Å². The zero-order valence-electron chi connectivity index (χ0n) is 27.3. The van der Waals surface area contributed by atoms with E-state index >= 15 is 0 Å². The van der Waals surface area contributed by atoms with Crippen molar-refractivity contribution in [1.29, 1.82) is 0 Å². The van der Waals surface area contributed by atoms with Crippen LogP contribution >= 0.6 is 21.6 Å². The standard InChI is InChI=1S/C32H53N3O7S2/c1-26(2)10-8-17-38-19-16-34-29(36)13-9-18-39-20-21-40-22-23-41-30(43-44-32(3,4)5)25-42-28-12-7-11-27(24-28)31(37)35-15-14-33-6/h7,11-12,24,26,30,33H,9,13-23,25H2,1-6H3,(H,34,36)(H,35,37)/t30-/m0/s1. The molecule has 0 heterocycles. The topological polar surface area (TPSA) is 116 Å². The third kappa shape index (κ3) is 23.4. The molecule has 0 saturated heterocycles. The second kappa shape index (κ2) is 25.2. The molecular weight excluding hydrogens is 603 g/mol. The molecule has 0 spiro atoms. The molecule has 0 aromatic heterocycles. The Hall–Kier alpha value is -1.98. The smallest absolute Gasteiger partial charge is 0.251 e. The third-order valence-corrected chi connectivity index (χ3v) is 8.79. The molecule has 1 aromatic carbocycles. The molecule has 2 amide bonds. The van der Waals surface area contributed by atoms with Crippen LogP contribution in [0, 0.1) is 17.8 Å². The number of hydrogen-bond donors (Lipinski definition) is 3. The second-order valence-electron chi connectivity index (χ2n) is 11.0. The molecule has 0 aliphatic carbocycles. The van der Waals surface area contributed by atoms with Gasteiger partial charge in [-0.05, 0) is 31.7 Å². The summed E-state index contributed by atoms with van der Waals surface area (Å²) in [4.78, 5) is 24.2. The van der Waals surface area contributed by atoms with Crippen LogP contribution in [0.4, 0.5) is 0 Å². The zero-order valence-corrected chi connectivity index (χ0v) is 29.0. The highest BCUT2D eigenvalue weighted by molar-refractivity contribution is 8.77. The highest BCUT2D eigenvalue weighted by Gasteiger charge is 2.18. The average Bonchev–Trinajstić information content (AvgIpc) is 2.98. The summed E-state index contributed by atoms with van der Waals surface area (Å²) in [5.74, 6) is 6.76. The molecule has 1 atom stereocenters. The molecule has 250 valence electrons. The lowest BCUT2D eigenvalue weighted by molar-refractivity contribution is -0.121. The van der Waals surface area contributed by atoms with E-state index in [9.17, 15) is 9.59 Å². The minimum absolute atomic E-state index is 0.0155. The summed E-state index contributed by atoms with van der Waals surface area (Å²) in [5, 5.41) is 8.71. The van der Waals surface area contributed by atoms with Crippen molar-refractivity contribution in [1.82, 2.24) is 16.0 Å². The Kier molecular flexibility index (Phi) is 23.0. The Morgan fingerprint density at radius 1 is 0.932 bits per heavy atom. The summed E-state index contributed by atoms with van der Waals surface area (Å²) in [6.07, 6.45) is 1.05. The minimum atomic E-state index is -0.219. The summed E-state index contributed by atoms with van der Waals surface area (Å²) in [6, 6.07) is 7.15. The lowest BCUT2D eigenvalue weighted by Gasteiger charge is -2.22. The fourth-order valence-electron chi connectivity index (χ4n) is 3.21. The summed E-state index contributed by atoms with van der Waals surface area (Å²) in [7, 11) is 5.19. The Balaban J connectivity index is 2.21. The number of hydrogen-bond acceptors (Lipinski definition) is 10. The van der Waals surface area contributed by atoms with Gasteiger partial charge in [-0.2, -0.15) is 0 Å². The first-order chi connectivity index (χ1) is 21.1. The van der Waals surface area contributed by atoms with Crippen LogP contribution in [0.25, 0.3) is 0 Å². The lowest BCUT2D eigenvalue weighted by Crippen LogP contribution is -2.30. The molecule has 0 saturated carbocycles. The van der Waals surface area contributed by atoms with Gasteiger partial charge in [0, 0.05) is 48.9 Å². The van der Waals surface area contributed by atoms with Gasteiger partial charge < -0.3 is 39.6 Å². The molecule has 0 bridgehead atoms. The van der Waals surface area contributed by atoms with E-state index < -0.39 is 0 Å². The molecule has 1 rings (SSSR count). The fraction of sp³-hybridized carbons (Fsp3) is 0.688. The first kappa shape index (κ1) is 40.0. The van der Waals surface area contributed by atoms with Crippen LogP contribution < -0.4 is 20.7 Å². The van der Waals surface area contributed by atoms with Crippen LogP contribution in [0.2, 0.25) is 0 Å². The molecular formula is C32H53N3O7S2. The molecule has 0 fully saturated rings. The van der Waals surface area contributed by atoms with E-state index in [2.05, 4.69) is 48.6 Å². The Bertz CT molecular complexity index is 981. The number of ether oxygens (including phenoxy) is 5. The number of rotatable bonds is 24. The van der Waals surface area contributed by atoms with Crippen molar-refractivity contribution in [2.45, 2.75) is 57.6 Å². The number of nitrogens with one attached hydrogen (secondary N) is 3. The zero-order chi connectivity index (χ0) is 32.5. The van der Waals surface area contributed by atoms with Crippen molar-refractivity contribution in [3.8, 4) is 17.6 Å². The van der Waals surface area contributed by atoms with E-state index in [1.165, 1.54) is 0 Å². The van der Waals surface area contributed by atoms with Crippen molar-refractivity contribution in [3.05, 3.63) is 29.8 Å². The first-order valence-electron chi connectivity index (χ1n) is 15.2. The van der Waals surface area contributed by atoms with Crippen molar-refractivity contribution < 1.29 is 33.3 Å². The van der Waals surface area contributed by atoms with E-state index in [0.717, 1.165) is 0 Å². The first-order valence-corrected chi connectivity index (χ1v) is 17.4. The number of benzene rings is 1. The summed E-state index contributed by atoms with van der Waals surface area (Å²) >= 11 is 0. The van der Waals surface area contributed by atoms with E-state index in [-0.39, 0.29) is 22.0 Å². The number of carbonyl (C=O) groups excluding carboxylic acids is 2. The maximum atomic E-state index is 12.4. The highest BCUT2D eigenvalue weighted by atomic mass is 33.1. The van der Waals surface area contributed by atoms with E-state index in [0.29, 0.717) is 103 Å². The molecule has 44 heavy (non-hydrogen) atoms. The monoisotopic (exact) mass is 655 g/mol. The quantitative estimate of drug-likeness (QED) is 0.0650. The summed E-state index contributed by atoms with van der Waals surface area (Å²) < 4.78 is 28.7. The summed E-state index contributed by atoms with van der Waals surface area (Å²) in [5.41, 5.74) is 0.333. The lowest BCUT2D eigenvalue weighted by atomic mass is 10.2. The van der Waals surface area contributed by atoms with Gasteiger partial charge in [-0.25, -0.2) is 0 Å². The van der Waals surface area contributed by atoms with Gasteiger partial charge in [-0.1, -0.05) is 74.1 Å². The molecule has 12 heteroatoms. The molecule has 0 aliphatic rings. The van der Waals surface area contributed by atoms with Crippen molar-refractivity contribution in [2.24, 2.45) is 5.92 Å². The predicted octanol–water partition coefficient (Wildman–Crippen LogP) is 4.14. The van der Waals surface area contributed by atoms with Crippen LogP contribution in [-0.4, -0.2) is 102 Å². The predicted molar refractivity (Wildman–Crippen MR) is 180 cm³/mol. The SMILES string of the molecule is CNCCNC(=O)c1cccc(OC[C@@H](OCCOCCOCCCC(=O)NCCOCC#CC(C)C)SSC(C)(C)C)c1. The van der Waals surface area contributed by atoms with Gasteiger partial charge in [0.05, 0.1) is 33.0 Å². The largest absolute Gasteiger partial charge is 0.490 e. The Morgan fingerprint density at radius 2 is 1.68 bits per heavy atom. The maximum absolute atomic E-state index is 12.4. The number of carbonyl (C=O) groups is 2. The van der Waals surface area contributed by atoms with Gasteiger partial charge in [-0.3, -0.25) is 9.59 Å². The molecule has 10 nitrogen and oxygen atoms in total. The van der Waals surface area contributed by atoms with Crippen LogP contribution in [0.5, 0.6) is 5.75 Å². The van der Waals surface area contributed by atoms with Crippen molar-refractivity contribution in [3.63, 3.8) is 0 Å². The molecule has 1 aromatic rings. The summed E-state index contributed by atoms with van der Waals surface area (Å²) in [6.45, 7) is 15.6. The van der Waals surface area contributed by atoms with Crippen LogP contribution in [0.1, 0.15) is 57.8 Å². The normalized spacial score (nSPS) is 12.0. The van der Waals surface area contributed by atoms with Crippen LogP contribution in [-0.2, 0) is 23.7 Å². The fourth-order valence-corrected chi connectivity index (χ4v) is 5.40. The molecule has 0 radical (unpaired) electrons. The third-order valence-electron chi connectivity index (χ3n) is 5.28. The van der Waals surface area contributed by atoms with Gasteiger partial charge in [0.25, 0.3) is 5.91 Å². The Morgan fingerprint density at radius 3 is 2.41 bits per heavy atom. The number of amides is 2. The van der Waals surface area contributed by atoms with Crippen LogP contribution in [0.3, 0.4) is 0 Å². The second-order valence-corrected chi connectivity index (χ2v) is 14.2. The van der Waals surface area contributed by atoms with Gasteiger partial charge in [0.2, 0.25) is 5.91 Å². The molecule has 3 N–H and O–H groups in total. The highest BCUT2D eigenvalue weighted by Crippen LogP contribution is 2.38. The van der Waals surface area contributed by atoms with Gasteiger partial charge in [-0.15, -0.1) is 0 Å². The Labute approximate surface area is 272 Å². The molecule has 0 aliphatic heterocycles. The average molecular weight is 656 g/mol. The minimum Gasteiger partial charge on any atom is -0.490 e. The van der Waals surface area contributed by atoms with Gasteiger partial charge >= 0.3 is 0 Å². The number of likely N-dealkylation sites (N-methyl/N-ethyl adjacent to an activating group) is 1. The van der Waals surface area contributed by atoms with Crippen LogP contribution in [0.15, 0.2) is 24.3 Å². The van der Waals surface area contributed by atoms with Crippen molar-refractivity contribution in [2.75, 3.05) is 79.5 Å².